The standard InChI is InChI=1S/C11H10F3NO3/c1-18-9-4-6-2-3-15(10(16)17)8(6)5-7(9)11(12,13)14/h4-5H,2-3H2,1H3,(H,16,17). The van der Waals surface area contributed by atoms with E-state index in [1.165, 1.54) is 6.07 Å². The number of methoxy groups -OCH3 is 1. The topological polar surface area (TPSA) is 49.8 Å². The molecule has 98 valence electrons. The van der Waals surface area contributed by atoms with Crippen LogP contribution in [0, 0.1) is 0 Å². The number of alkyl halides is 3. The van der Waals surface area contributed by atoms with Gasteiger partial charge in [0.1, 0.15) is 5.75 Å². The van der Waals surface area contributed by atoms with Gasteiger partial charge in [-0.25, -0.2) is 4.79 Å². The Labute approximate surface area is 101 Å². The summed E-state index contributed by atoms with van der Waals surface area (Å²) >= 11 is 0. The number of fused-ring (bicyclic) bond motifs is 1. The van der Waals surface area contributed by atoms with Gasteiger partial charge in [0.25, 0.3) is 0 Å². The highest BCUT2D eigenvalue weighted by atomic mass is 19.4. The summed E-state index contributed by atoms with van der Waals surface area (Å²) in [5.74, 6) is -0.284. The quantitative estimate of drug-likeness (QED) is 0.845. The van der Waals surface area contributed by atoms with Crippen molar-refractivity contribution >= 4 is 11.8 Å². The molecule has 1 amide bonds. The smallest absolute Gasteiger partial charge is 0.420 e. The lowest BCUT2D eigenvalue weighted by molar-refractivity contribution is -0.138. The number of amides is 1. The lowest BCUT2D eigenvalue weighted by atomic mass is 10.1. The summed E-state index contributed by atoms with van der Waals surface area (Å²) in [6, 6.07) is 2.08. The van der Waals surface area contributed by atoms with E-state index in [-0.39, 0.29) is 18.0 Å². The van der Waals surface area contributed by atoms with E-state index in [9.17, 15) is 18.0 Å². The highest BCUT2D eigenvalue weighted by Crippen LogP contribution is 2.42. The molecule has 0 aromatic heterocycles. The lowest BCUT2D eigenvalue weighted by Crippen LogP contribution is -2.26. The third kappa shape index (κ3) is 1.96. The number of ether oxygens (including phenoxy) is 1. The molecule has 1 aliphatic heterocycles. The van der Waals surface area contributed by atoms with Gasteiger partial charge >= 0.3 is 12.3 Å². The minimum Gasteiger partial charge on any atom is -0.496 e. The van der Waals surface area contributed by atoms with Gasteiger partial charge in [-0.3, -0.25) is 4.90 Å². The number of halogens is 3. The molecule has 1 heterocycles. The van der Waals surface area contributed by atoms with Crippen LogP contribution in [0.15, 0.2) is 12.1 Å². The van der Waals surface area contributed by atoms with Crippen molar-refractivity contribution in [2.45, 2.75) is 12.6 Å². The molecule has 0 saturated heterocycles. The van der Waals surface area contributed by atoms with E-state index in [1.54, 1.807) is 0 Å². The zero-order chi connectivity index (χ0) is 13.5. The van der Waals surface area contributed by atoms with Crippen molar-refractivity contribution in [1.82, 2.24) is 0 Å². The average Bonchev–Trinajstić information content (AvgIpc) is 2.68. The normalized spacial score (nSPS) is 14.6. The predicted molar refractivity (Wildman–Crippen MR) is 57.1 cm³/mol. The van der Waals surface area contributed by atoms with E-state index in [2.05, 4.69) is 0 Å². The van der Waals surface area contributed by atoms with Crippen LogP contribution in [0.1, 0.15) is 11.1 Å². The van der Waals surface area contributed by atoms with Crippen molar-refractivity contribution in [3.63, 3.8) is 0 Å². The Bertz CT molecular complexity index is 499. The maximum Gasteiger partial charge on any atom is 0.420 e. The van der Waals surface area contributed by atoms with Crippen LogP contribution in [0.5, 0.6) is 5.75 Å². The molecule has 0 fully saturated rings. The van der Waals surface area contributed by atoms with Gasteiger partial charge in [0.2, 0.25) is 0 Å². The first-order chi connectivity index (χ1) is 8.34. The maximum absolute atomic E-state index is 12.8. The number of benzene rings is 1. The fourth-order valence-corrected chi connectivity index (χ4v) is 2.00. The molecule has 0 unspecified atom stereocenters. The third-order valence-corrected chi connectivity index (χ3v) is 2.83. The van der Waals surface area contributed by atoms with E-state index >= 15 is 0 Å². The van der Waals surface area contributed by atoms with Gasteiger partial charge in [0.15, 0.2) is 0 Å². The first-order valence-electron chi connectivity index (χ1n) is 5.13. The Morgan fingerprint density at radius 2 is 2.11 bits per heavy atom. The second-order valence-corrected chi connectivity index (χ2v) is 3.86. The highest BCUT2D eigenvalue weighted by Gasteiger charge is 2.37. The Kier molecular flexibility index (Phi) is 2.84. The van der Waals surface area contributed by atoms with Crippen molar-refractivity contribution in [3.8, 4) is 5.75 Å². The molecular formula is C11H10F3NO3. The summed E-state index contributed by atoms with van der Waals surface area (Å²) < 4.78 is 43.1. The fraction of sp³-hybridized carbons (Fsp3) is 0.364. The summed E-state index contributed by atoms with van der Waals surface area (Å²) in [6.07, 6.45) is -5.45. The number of hydrogen-bond acceptors (Lipinski definition) is 2. The number of anilines is 1. The molecule has 7 heteroatoms. The predicted octanol–water partition coefficient (Wildman–Crippen LogP) is 2.75. The molecule has 18 heavy (non-hydrogen) atoms. The summed E-state index contributed by atoms with van der Waals surface area (Å²) in [5.41, 5.74) is -0.338. The number of nitrogens with zero attached hydrogens (tertiary/aromatic N) is 1. The molecule has 0 aliphatic carbocycles. The molecule has 4 nitrogen and oxygen atoms in total. The Balaban J connectivity index is 2.57. The van der Waals surface area contributed by atoms with Crippen molar-refractivity contribution in [2.24, 2.45) is 0 Å². The van der Waals surface area contributed by atoms with Crippen LogP contribution in [0.4, 0.5) is 23.7 Å². The zero-order valence-corrected chi connectivity index (χ0v) is 9.41. The Morgan fingerprint density at radius 3 is 2.61 bits per heavy atom. The molecular weight excluding hydrogens is 251 g/mol. The summed E-state index contributed by atoms with van der Waals surface area (Å²) in [5, 5.41) is 8.89. The second-order valence-electron chi connectivity index (χ2n) is 3.86. The molecule has 0 bridgehead atoms. The van der Waals surface area contributed by atoms with Gasteiger partial charge in [-0.15, -0.1) is 0 Å². The Morgan fingerprint density at radius 1 is 1.44 bits per heavy atom. The van der Waals surface area contributed by atoms with Gasteiger partial charge in [0.05, 0.1) is 18.4 Å². The SMILES string of the molecule is COc1cc2c(cc1C(F)(F)F)N(C(=O)O)CC2. The van der Waals surface area contributed by atoms with E-state index in [1.807, 2.05) is 0 Å². The number of carbonyl (C=O) groups is 1. The highest BCUT2D eigenvalue weighted by molar-refractivity contribution is 5.89. The summed E-state index contributed by atoms with van der Waals surface area (Å²) in [7, 11) is 1.15. The lowest BCUT2D eigenvalue weighted by Gasteiger charge is -2.17. The minimum absolute atomic E-state index is 0.0793. The first-order valence-corrected chi connectivity index (χ1v) is 5.13. The zero-order valence-electron chi connectivity index (χ0n) is 9.41. The largest absolute Gasteiger partial charge is 0.496 e. The third-order valence-electron chi connectivity index (χ3n) is 2.83. The first kappa shape index (κ1) is 12.5. The van der Waals surface area contributed by atoms with Crippen LogP contribution in [0.25, 0.3) is 0 Å². The summed E-state index contributed by atoms with van der Waals surface area (Å²) in [4.78, 5) is 11.8. The van der Waals surface area contributed by atoms with Crippen LogP contribution < -0.4 is 9.64 Å². The van der Waals surface area contributed by atoms with E-state index in [0.717, 1.165) is 18.1 Å². The monoisotopic (exact) mass is 261 g/mol. The van der Waals surface area contributed by atoms with Gasteiger partial charge in [-0.05, 0) is 24.1 Å². The van der Waals surface area contributed by atoms with Crippen LogP contribution in [-0.2, 0) is 12.6 Å². The molecule has 0 spiro atoms. The molecule has 0 atom stereocenters. The van der Waals surface area contributed by atoms with Gasteiger partial charge < -0.3 is 9.84 Å². The molecule has 0 saturated carbocycles. The molecule has 1 aromatic carbocycles. The minimum atomic E-state index is -4.58. The van der Waals surface area contributed by atoms with Gasteiger partial charge in [-0.2, -0.15) is 13.2 Å². The second kappa shape index (κ2) is 4.08. The van der Waals surface area contributed by atoms with Gasteiger partial charge in [-0.1, -0.05) is 0 Å². The number of hydrogen-bond donors (Lipinski definition) is 1. The summed E-state index contributed by atoms with van der Waals surface area (Å²) in [6.45, 7) is 0.162. The Hall–Kier alpha value is -1.92. The van der Waals surface area contributed by atoms with Crippen molar-refractivity contribution in [2.75, 3.05) is 18.6 Å². The van der Waals surface area contributed by atoms with E-state index in [4.69, 9.17) is 9.84 Å². The van der Waals surface area contributed by atoms with Crippen LogP contribution in [0.2, 0.25) is 0 Å². The average molecular weight is 261 g/mol. The molecule has 1 aromatic rings. The van der Waals surface area contributed by atoms with Crippen molar-refractivity contribution < 1.29 is 27.8 Å². The fourth-order valence-electron chi connectivity index (χ4n) is 2.00. The molecule has 2 rings (SSSR count). The van der Waals surface area contributed by atoms with E-state index < -0.39 is 17.8 Å². The van der Waals surface area contributed by atoms with Crippen LogP contribution in [0.3, 0.4) is 0 Å². The molecule has 0 radical (unpaired) electrons. The van der Waals surface area contributed by atoms with E-state index in [0.29, 0.717) is 12.0 Å². The molecule has 1 N–H and O–H groups in total. The van der Waals surface area contributed by atoms with Crippen molar-refractivity contribution in [3.05, 3.63) is 23.3 Å². The van der Waals surface area contributed by atoms with Crippen LogP contribution >= 0.6 is 0 Å². The number of carboxylic acid groups (broad SMARTS) is 1. The van der Waals surface area contributed by atoms with Crippen LogP contribution in [-0.4, -0.2) is 24.9 Å². The number of rotatable bonds is 1. The molecule has 1 aliphatic rings. The van der Waals surface area contributed by atoms with Crippen molar-refractivity contribution in [1.29, 1.82) is 0 Å². The van der Waals surface area contributed by atoms with Gasteiger partial charge in [0, 0.05) is 6.54 Å². The maximum atomic E-state index is 12.8.